The van der Waals surface area contributed by atoms with Gasteiger partial charge >= 0.3 is 0 Å². The highest BCUT2D eigenvalue weighted by Crippen LogP contribution is 2.19. The molecule has 2 heteroatoms. The summed E-state index contributed by atoms with van der Waals surface area (Å²) >= 11 is 0.142. The molecule has 0 saturated carbocycles. The molecule has 0 unspecified atom stereocenters. The maximum atomic E-state index is 3.25. The van der Waals surface area contributed by atoms with E-state index in [1.807, 2.05) is 7.05 Å². The maximum Gasteiger partial charge on any atom is -0.00688 e. The minimum atomic E-state index is 0.142. The fourth-order valence-electron chi connectivity index (χ4n) is 0.283. The highest BCUT2D eigenvalue weighted by atomic mass is 127. The lowest BCUT2D eigenvalue weighted by Gasteiger charge is -2.17. The molecule has 0 rings (SSSR count). The maximum absolute atomic E-state index is 3.25. The van der Waals surface area contributed by atoms with Gasteiger partial charge in [0.05, 0.1) is 0 Å². The summed E-state index contributed by atoms with van der Waals surface area (Å²) in [5, 5.41) is 0. The minimum absolute atomic E-state index is 0.142. The largest absolute Gasteiger partial charge is 0.269 e. The van der Waals surface area contributed by atoms with Crippen molar-refractivity contribution in [2.45, 2.75) is 27.7 Å². The van der Waals surface area contributed by atoms with Gasteiger partial charge in [-0.05, 0) is 43.9 Å². The van der Waals surface area contributed by atoms with Crippen molar-refractivity contribution in [1.82, 2.24) is 3.53 Å². The van der Waals surface area contributed by atoms with Crippen LogP contribution in [0.1, 0.15) is 27.7 Å². The Labute approximate surface area is 68.3 Å². The van der Waals surface area contributed by atoms with Crippen LogP contribution in [0.25, 0.3) is 0 Å². The highest BCUT2D eigenvalue weighted by molar-refractivity contribution is 14.2. The number of hydrogen-bond acceptors (Lipinski definition) is 1. The molecule has 0 aromatic rings. The molecule has 0 amide bonds. The molecule has 0 aromatic heterocycles. The quantitative estimate of drug-likeness (QED) is 0.548. The second-order valence-electron chi connectivity index (χ2n) is 3.07. The molecule has 0 radical (unpaired) electrons. The van der Waals surface area contributed by atoms with Gasteiger partial charge in [0, 0.05) is 0 Å². The third-order valence-electron chi connectivity index (χ3n) is 1.27. The summed E-state index contributed by atoms with van der Waals surface area (Å²) in [6.45, 7) is 9.03. The molecular weight excluding hydrogens is 225 g/mol. The third kappa shape index (κ3) is 4.03. The molecule has 0 aromatic carbocycles. The molecule has 0 aliphatic rings. The lowest BCUT2D eigenvalue weighted by Crippen LogP contribution is -2.15. The van der Waals surface area contributed by atoms with E-state index >= 15 is 0 Å². The van der Waals surface area contributed by atoms with E-state index < -0.39 is 0 Å². The van der Waals surface area contributed by atoms with E-state index in [0.717, 1.165) is 0 Å². The molecule has 0 spiro atoms. The Kier molecular flexibility index (Phi) is 3.89. The number of hydrogen-bond donors (Lipinski definition) is 1. The molecule has 56 valence electrons. The summed E-state index contributed by atoms with van der Waals surface area (Å²) in [4.78, 5) is 0. The standard InChI is InChI=1S/C7H16IN/c1-6(8-9-5)7(2,3)4/h9H,1-5H3. The summed E-state index contributed by atoms with van der Waals surface area (Å²) < 4.78 is 4.86. The SMILES string of the molecule is CNI=C(C)C(C)(C)C. The fourth-order valence-corrected chi connectivity index (χ4v) is 1.90. The first-order valence-corrected chi connectivity index (χ1v) is 5.29. The van der Waals surface area contributed by atoms with E-state index in [9.17, 15) is 0 Å². The monoisotopic (exact) mass is 241 g/mol. The molecule has 0 aliphatic heterocycles. The zero-order chi connectivity index (χ0) is 7.49. The first kappa shape index (κ1) is 9.56. The first-order valence-electron chi connectivity index (χ1n) is 3.13. The van der Waals surface area contributed by atoms with Crippen molar-refractivity contribution in [3.63, 3.8) is 0 Å². The molecule has 0 atom stereocenters. The van der Waals surface area contributed by atoms with Crippen LogP contribution in [0, 0.1) is 5.41 Å². The molecule has 0 saturated heterocycles. The zero-order valence-electron chi connectivity index (χ0n) is 6.88. The molecule has 0 bridgehead atoms. The van der Waals surface area contributed by atoms with Gasteiger partial charge in [-0.3, -0.25) is 3.53 Å². The molecule has 0 heterocycles. The molecule has 9 heavy (non-hydrogen) atoms. The summed E-state index contributed by atoms with van der Waals surface area (Å²) in [6, 6.07) is 0. The average molecular weight is 241 g/mol. The molecule has 0 fully saturated rings. The van der Waals surface area contributed by atoms with Crippen molar-refractivity contribution >= 4 is 24.5 Å². The van der Waals surface area contributed by atoms with E-state index in [4.69, 9.17) is 0 Å². The molecule has 1 nitrogen and oxygen atoms in total. The van der Waals surface area contributed by atoms with Crippen molar-refractivity contribution in [3.8, 4) is 0 Å². The normalized spacial score (nSPS) is 15.0. The van der Waals surface area contributed by atoms with Crippen LogP contribution in [0.5, 0.6) is 0 Å². The molecule has 1 N–H and O–H groups in total. The number of halogens is 1. The smallest absolute Gasteiger partial charge is 0.00688 e. The van der Waals surface area contributed by atoms with E-state index in [2.05, 4.69) is 31.2 Å². The van der Waals surface area contributed by atoms with Gasteiger partial charge in [0.15, 0.2) is 0 Å². The third-order valence-corrected chi connectivity index (χ3v) is 4.24. The Morgan fingerprint density at radius 2 is 1.78 bits per heavy atom. The highest BCUT2D eigenvalue weighted by Gasteiger charge is 2.11. The Morgan fingerprint density at radius 3 is 1.89 bits per heavy atom. The minimum Gasteiger partial charge on any atom is -0.269 e. The van der Waals surface area contributed by atoms with Crippen LogP contribution < -0.4 is 3.53 Å². The van der Waals surface area contributed by atoms with Crippen molar-refractivity contribution in [1.29, 1.82) is 0 Å². The number of rotatable bonds is 1. The van der Waals surface area contributed by atoms with Gasteiger partial charge in [-0.25, -0.2) is 0 Å². The van der Waals surface area contributed by atoms with Gasteiger partial charge in [-0.2, -0.15) is 0 Å². The van der Waals surface area contributed by atoms with E-state index in [-0.39, 0.29) is 21.0 Å². The second-order valence-corrected chi connectivity index (χ2v) is 6.30. The van der Waals surface area contributed by atoms with Crippen LogP contribution in [-0.4, -0.2) is 10.6 Å². The van der Waals surface area contributed by atoms with E-state index in [0.29, 0.717) is 5.41 Å². The Bertz CT molecular complexity index is 111. The average Bonchev–Trinajstić information content (AvgIpc) is 1.64. The second kappa shape index (κ2) is 3.66. The van der Waals surface area contributed by atoms with E-state index in [1.165, 1.54) is 0 Å². The van der Waals surface area contributed by atoms with Crippen LogP contribution in [-0.2, 0) is 0 Å². The van der Waals surface area contributed by atoms with Crippen LogP contribution in [0.3, 0.4) is 0 Å². The van der Waals surface area contributed by atoms with Crippen molar-refractivity contribution in [2.75, 3.05) is 7.05 Å². The van der Waals surface area contributed by atoms with Crippen LogP contribution in [0.4, 0.5) is 0 Å². The van der Waals surface area contributed by atoms with Gasteiger partial charge in [-0.1, -0.05) is 20.8 Å². The van der Waals surface area contributed by atoms with E-state index in [1.54, 1.807) is 3.51 Å². The van der Waals surface area contributed by atoms with Gasteiger partial charge < -0.3 is 0 Å². The Morgan fingerprint density at radius 1 is 1.33 bits per heavy atom. The Balaban J connectivity index is 4.03. The lowest BCUT2D eigenvalue weighted by molar-refractivity contribution is 0.599. The van der Waals surface area contributed by atoms with Gasteiger partial charge in [0.2, 0.25) is 0 Å². The van der Waals surface area contributed by atoms with Crippen molar-refractivity contribution in [2.24, 2.45) is 5.41 Å². The zero-order valence-corrected chi connectivity index (χ0v) is 9.04. The predicted molar refractivity (Wildman–Crippen MR) is 53.2 cm³/mol. The van der Waals surface area contributed by atoms with Crippen LogP contribution >= 0.6 is 21.0 Å². The van der Waals surface area contributed by atoms with Gasteiger partial charge in [0.25, 0.3) is 0 Å². The lowest BCUT2D eigenvalue weighted by atomic mass is 9.94. The Hall–Kier alpha value is 0.560. The van der Waals surface area contributed by atoms with Crippen LogP contribution in [0.15, 0.2) is 0 Å². The fraction of sp³-hybridized carbons (Fsp3) is 0.857. The predicted octanol–water partition coefficient (Wildman–Crippen LogP) is 2.33. The topological polar surface area (TPSA) is 12.0 Å². The van der Waals surface area contributed by atoms with Crippen molar-refractivity contribution in [3.05, 3.63) is 0 Å². The summed E-state index contributed by atoms with van der Waals surface area (Å²) in [5.74, 6) is 0. The summed E-state index contributed by atoms with van der Waals surface area (Å²) in [6.07, 6.45) is 0. The van der Waals surface area contributed by atoms with Crippen LogP contribution in [0.2, 0.25) is 0 Å². The molecular formula is C7H16IN. The van der Waals surface area contributed by atoms with Gasteiger partial charge in [-0.15, -0.1) is 0 Å². The molecule has 0 aliphatic carbocycles. The number of nitrogens with one attached hydrogen (secondary N) is 1. The summed E-state index contributed by atoms with van der Waals surface area (Å²) in [5.41, 5.74) is 0.413. The van der Waals surface area contributed by atoms with Crippen molar-refractivity contribution < 1.29 is 0 Å². The summed E-state index contributed by atoms with van der Waals surface area (Å²) in [7, 11) is 2.03. The van der Waals surface area contributed by atoms with Gasteiger partial charge in [0.1, 0.15) is 0 Å². The first-order chi connectivity index (χ1) is 3.98.